The largest absolute Gasteiger partial charge is 0.490 e. The molecular formula is C14H22N2O3. The van der Waals surface area contributed by atoms with Crippen LogP contribution in [-0.2, 0) is 6.42 Å². The maximum Gasteiger partial charge on any atom is 0.161 e. The van der Waals surface area contributed by atoms with Crippen LogP contribution in [0.3, 0.4) is 0 Å². The van der Waals surface area contributed by atoms with Crippen molar-refractivity contribution in [3.05, 3.63) is 23.8 Å². The van der Waals surface area contributed by atoms with Gasteiger partial charge in [-0.05, 0) is 30.7 Å². The number of nitrogens with one attached hydrogen (secondary N) is 1. The maximum atomic E-state index is 9.32. The molecule has 0 bridgehead atoms. The highest BCUT2D eigenvalue weighted by Crippen LogP contribution is 2.30. The molecule has 0 aliphatic carbocycles. The summed E-state index contributed by atoms with van der Waals surface area (Å²) >= 11 is 0. The minimum atomic E-state index is -0.469. The summed E-state index contributed by atoms with van der Waals surface area (Å²) in [5, 5.41) is 12.5. The van der Waals surface area contributed by atoms with Gasteiger partial charge in [0.25, 0.3) is 0 Å². The summed E-state index contributed by atoms with van der Waals surface area (Å²) in [6.07, 6.45) is 1.33. The molecule has 0 fully saturated rings. The van der Waals surface area contributed by atoms with Crippen molar-refractivity contribution < 1.29 is 14.6 Å². The van der Waals surface area contributed by atoms with Crippen molar-refractivity contribution in [2.75, 3.05) is 32.8 Å². The van der Waals surface area contributed by atoms with Crippen LogP contribution in [-0.4, -0.2) is 44.1 Å². The van der Waals surface area contributed by atoms with Crippen molar-refractivity contribution in [2.45, 2.75) is 18.9 Å². The smallest absolute Gasteiger partial charge is 0.161 e. The molecule has 5 nitrogen and oxygen atoms in total. The summed E-state index contributed by atoms with van der Waals surface area (Å²) in [5.41, 5.74) is 6.53. The molecule has 1 aliphatic rings. The molecule has 1 aromatic rings. The predicted molar refractivity (Wildman–Crippen MR) is 73.7 cm³/mol. The number of benzene rings is 1. The maximum absolute atomic E-state index is 9.32. The number of aliphatic hydroxyl groups excluding tert-OH is 1. The first kappa shape index (κ1) is 14.1. The van der Waals surface area contributed by atoms with Gasteiger partial charge in [-0.3, -0.25) is 0 Å². The summed E-state index contributed by atoms with van der Waals surface area (Å²) in [6, 6.07) is 6.04. The third-order valence-electron chi connectivity index (χ3n) is 3.05. The lowest BCUT2D eigenvalue weighted by Gasteiger charge is -2.11. The van der Waals surface area contributed by atoms with E-state index in [4.69, 9.17) is 15.2 Å². The molecule has 0 aromatic heterocycles. The average molecular weight is 266 g/mol. The van der Waals surface area contributed by atoms with Gasteiger partial charge in [-0.25, -0.2) is 0 Å². The van der Waals surface area contributed by atoms with Crippen LogP contribution in [0.1, 0.15) is 12.0 Å². The van der Waals surface area contributed by atoms with E-state index >= 15 is 0 Å². The first-order chi connectivity index (χ1) is 9.29. The zero-order valence-corrected chi connectivity index (χ0v) is 11.1. The SMILES string of the molecule is NCC(O)CNCCc1ccc2c(c1)OCCCO2. The lowest BCUT2D eigenvalue weighted by atomic mass is 10.1. The van der Waals surface area contributed by atoms with Gasteiger partial charge >= 0.3 is 0 Å². The molecule has 19 heavy (non-hydrogen) atoms. The molecule has 1 heterocycles. The zero-order valence-electron chi connectivity index (χ0n) is 11.1. The summed E-state index contributed by atoms with van der Waals surface area (Å²) in [5.74, 6) is 1.66. The second-order valence-electron chi connectivity index (χ2n) is 4.68. The van der Waals surface area contributed by atoms with E-state index in [1.54, 1.807) is 0 Å². The Labute approximate surface area is 113 Å². The highest BCUT2D eigenvalue weighted by Gasteiger charge is 2.10. The van der Waals surface area contributed by atoms with Crippen LogP contribution in [0.5, 0.6) is 11.5 Å². The third kappa shape index (κ3) is 4.38. The Kier molecular flexibility index (Phi) is 5.44. The minimum Gasteiger partial charge on any atom is -0.490 e. The predicted octanol–water partition coefficient (Wildman–Crippen LogP) is 0.300. The van der Waals surface area contributed by atoms with Gasteiger partial charge in [0.15, 0.2) is 11.5 Å². The van der Waals surface area contributed by atoms with Crippen molar-refractivity contribution >= 4 is 0 Å². The van der Waals surface area contributed by atoms with Gasteiger partial charge in [-0.1, -0.05) is 6.07 Å². The van der Waals surface area contributed by atoms with E-state index in [2.05, 4.69) is 11.4 Å². The van der Waals surface area contributed by atoms with Gasteiger partial charge in [0, 0.05) is 19.5 Å². The van der Waals surface area contributed by atoms with E-state index < -0.39 is 6.10 Å². The van der Waals surface area contributed by atoms with Gasteiger partial charge in [-0.15, -0.1) is 0 Å². The molecule has 0 amide bonds. The van der Waals surface area contributed by atoms with Crippen molar-refractivity contribution in [3.63, 3.8) is 0 Å². The Morgan fingerprint density at radius 3 is 2.84 bits per heavy atom. The molecule has 4 N–H and O–H groups in total. The van der Waals surface area contributed by atoms with Crippen LogP contribution < -0.4 is 20.5 Å². The molecule has 1 aromatic carbocycles. The Hall–Kier alpha value is -1.30. The van der Waals surface area contributed by atoms with E-state index in [-0.39, 0.29) is 6.54 Å². The van der Waals surface area contributed by atoms with Crippen molar-refractivity contribution in [2.24, 2.45) is 5.73 Å². The molecule has 5 heteroatoms. The summed E-state index contributed by atoms with van der Waals surface area (Å²) in [6.45, 7) is 3.04. The quantitative estimate of drug-likeness (QED) is 0.646. The minimum absolute atomic E-state index is 0.289. The van der Waals surface area contributed by atoms with Gasteiger partial charge in [0.1, 0.15) is 0 Å². The second-order valence-corrected chi connectivity index (χ2v) is 4.68. The van der Waals surface area contributed by atoms with E-state index in [1.165, 1.54) is 5.56 Å². The van der Waals surface area contributed by atoms with Crippen molar-refractivity contribution in [1.82, 2.24) is 5.32 Å². The van der Waals surface area contributed by atoms with Gasteiger partial charge in [-0.2, -0.15) is 0 Å². The second kappa shape index (κ2) is 7.33. The standard InChI is InChI=1S/C14H22N2O3/c15-9-12(17)10-16-5-4-11-2-3-13-14(8-11)19-7-1-6-18-13/h2-3,8,12,16-17H,1,4-7,9-10,15H2. The molecule has 0 radical (unpaired) electrons. The molecule has 1 atom stereocenters. The summed E-state index contributed by atoms with van der Waals surface area (Å²) < 4.78 is 11.2. The van der Waals surface area contributed by atoms with Gasteiger partial charge in [0.2, 0.25) is 0 Å². The van der Waals surface area contributed by atoms with Gasteiger partial charge in [0.05, 0.1) is 19.3 Å². The van der Waals surface area contributed by atoms with E-state index in [9.17, 15) is 5.11 Å². The molecule has 1 unspecified atom stereocenters. The fraction of sp³-hybridized carbons (Fsp3) is 0.571. The molecular weight excluding hydrogens is 244 g/mol. The number of rotatable bonds is 6. The molecule has 1 aliphatic heterocycles. The van der Waals surface area contributed by atoms with Crippen molar-refractivity contribution in [1.29, 1.82) is 0 Å². The molecule has 0 saturated carbocycles. The number of ether oxygens (including phenoxy) is 2. The average Bonchev–Trinajstić information content (AvgIpc) is 2.68. The Morgan fingerprint density at radius 1 is 1.26 bits per heavy atom. The van der Waals surface area contributed by atoms with Crippen LogP contribution in [0.15, 0.2) is 18.2 Å². The first-order valence-corrected chi connectivity index (χ1v) is 6.77. The lowest BCUT2D eigenvalue weighted by Crippen LogP contribution is -2.33. The number of hydrogen-bond donors (Lipinski definition) is 3. The van der Waals surface area contributed by atoms with Crippen LogP contribution in [0.4, 0.5) is 0 Å². The van der Waals surface area contributed by atoms with E-state index in [0.29, 0.717) is 19.8 Å². The van der Waals surface area contributed by atoms with Crippen LogP contribution in [0, 0.1) is 0 Å². The number of nitrogens with two attached hydrogens (primary N) is 1. The summed E-state index contributed by atoms with van der Waals surface area (Å²) in [4.78, 5) is 0. The number of aliphatic hydroxyl groups is 1. The number of hydrogen-bond acceptors (Lipinski definition) is 5. The van der Waals surface area contributed by atoms with Crippen LogP contribution in [0.2, 0.25) is 0 Å². The molecule has 0 saturated heterocycles. The van der Waals surface area contributed by atoms with E-state index in [1.807, 2.05) is 12.1 Å². The highest BCUT2D eigenvalue weighted by molar-refractivity contribution is 5.43. The molecule has 0 spiro atoms. The Balaban J connectivity index is 1.82. The molecule has 106 valence electrons. The highest BCUT2D eigenvalue weighted by atomic mass is 16.5. The monoisotopic (exact) mass is 266 g/mol. The summed E-state index contributed by atoms with van der Waals surface area (Å²) in [7, 11) is 0. The molecule has 2 rings (SSSR count). The fourth-order valence-corrected chi connectivity index (χ4v) is 1.95. The first-order valence-electron chi connectivity index (χ1n) is 6.77. The zero-order chi connectivity index (χ0) is 13.5. The fourth-order valence-electron chi connectivity index (χ4n) is 1.95. The topological polar surface area (TPSA) is 76.7 Å². The lowest BCUT2D eigenvalue weighted by molar-refractivity contribution is 0.180. The normalized spacial score (nSPS) is 15.9. The van der Waals surface area contributed by atoms with Crippen LogP contribution in [0.25, 0.3) is 0 Å². The Morgan fingerprint density at radius 2 is 2.05 bits per heavy atom. The van der Waals surface area contributed by atoms with Crippen molar-refractivity contribution in [3.8, 4) is 11.5 Å². The third-order valence-corrected chi connectivity index (χ3v) is 3.05. The van der Waals surface area contributed by atoms with E-state index in [0.717, 1.165) is 30.9 Å². The Bertz CT molecular complexity index is 398. The van der Waals surface area contributed by atoms with Gasteiger partial charge < -0.3 is 25.6 Å². The number of fused-ring (bicyclic) bond motifs is 1. The van der Waals surface area contributed by atoms with Crippen LogP contribution >= 0.6 is 0 Å².